The summed E-state index contributed by atoms with van der Waals surface area (Å²) in [5.74, 6) is 0.267. The molecule has 0 spiro atoms. The fourth-order valence-corrected chi connectivity index (χ4v) is 6.01. The number of nitrogens with zero attached hydrogens (tertiary/aromatic N) is 4. The van der Waals surface area contributed by atoms with Crippen molar-refractivity contribution in [2.45, 2.75) is 30.5 Å². The minimum atomic E-state index is -4.09. The lowest BCUT2D eigenvalue weighted by molar-refractivity contribution is -0.0848. The third-order valence-corrected chi connectivity index (χ3v) is 8.27. The van der Waals surface area contributed by atoms with Crippen molar-refractivity contribution in [2.75, 3.05) is 38.3 Å². The molecule has 1 aliphatic rings. The number of benzene rings is 2. The van der Waals surface area contributed by atoms with Gasteiger partial charge in [-0.05, 0) is 80.9 Å². The van der Waals surface area contributed by atoms with Gasteiger partial charge < -0.3 is 19.8 Å². The number of nitrogens with two attached hydrogens (primary N) is 1. The van der Waals surface area contributed by atoms with Gasteiger partial charge in [-0.15, -0.1) is 0 Å². The van der Waals surface area contributed by atoms with E-state index in [2.05, 4.69) is 19.6 Å². The molecule has 10 nitrogen and oxygen atoms in total. The number of halogens is 1. The Labute approximate surface area is 226 Å². The number of aromatic nitrogens is 3. The number of nitrogens with one attached hydrogen (secondary N) is 1. The number of ether oxygens (including phenoxy) is 2. The molecule has 2 aromatic carbocycles. The lowest BCUT2D eigenvalue weighted by Crippen LogP contribution is -2.38. The first kappa shape index (κ1) is 26.9. The number of hydrogen-bond acceptors (Lipinski definition) is 8. The van der Waals surface area contributed by atoms with Crippen LogP contribution in [0.25, 0.3) is 22.2 Å². The summed E-state index contributed by atoms with van der Waals surface area (Å²) < 4.78 is 55.4. The van der Waals surface area contributed by atoms with E-state index in [1.54, 1.807) is 6.20 Å². The quantitative estimate of drug-likeness (QED) is 0.336. The van der Waals surface area contributed by atoms with Crippen LogP contribution in [-0.2, 0) is 21.3 Å². The summed E-state index contributed by atoms with van der Waals surface area (Å²) in [5, 5.41) is 0. The van der Waals surface area contributed by atoms with E-state index in [0.717, 1.165) is 29.4 Å². The summed E-state index contributed by atoms with van der Waals surface area (Å²) in [4.78, 5) is 10.7. The van der Waals surface area contributed by atoms with Gasteiger partial charge in [0.2, 0.25) is 11.8 Å². The Morgan fingerprint density at radius 2 is 1.95 bits per heavy atom. The molecule has 0 saturated carbocycles. The molecule has 5 rings (SSSR count). The lowest BCUT2D eigenvalue weighted by atomic mass is 9.98. The molecule has 0 aliphatic carbocycles. The first-order chi connectivity index (χ1) is 18.6. The molecule has 2 aromatic heterocycles. The third kappa shape index (κ3) is 5.68. The molecule has 1 aliphatic heterocycles. The minimum Gasteiger partial charge on any atom is -0.480 e. The first-order valence-corrected chi connectivity index (χ1v) is 14.0. The molecule has 39 heavy (non-hydrogen) atoms. The smallest absolute Gasteiger partial charge is 0.267 e. The second-order valence-electron chi connectivity index (χ2n) is 9.81. The summed E-state index contributed by atoms with van der Waals surface area (Å²) in [6.07, 6.45) is 3.43. The number of imidazole rings is 1. The highest BCUT2D eigenvalue weighted by atomic mass is 32.2. The lowest BCUT2D eigenvalue weighted by Gasteiger charge is -2.33. The van der Waals surface area contributed by atoms with Crippen molar-refractivity contribution in [1.82, 2.24) is 19.4 Å². The maximum absolute atomic E-state index is 13.3. The van der Waals surface area contributed by atoms with Gasteiger partial charge in [0, 0.05) is 30.6 Å². The number of anilines is 2. The molecular weight excluding hydrogens is 523 g/mol. The minimum absolute atomic E-state index is 0.0568. The van der Waals surface area contributed by atoms with E-state index in [0.29, 0.717) is 30.6 Å². The number of sulfonamides is 1. The van der Waals surface area contributed by atoms with Crippen LogP contribution in [0.3, 0.4) is 0 Å². The van der Waals surface area contributed by atoms with Gasteiger partial charge in [0.05, 0.1) is 18.1 Å². The Hall–Kier alpha value is -3.74. The average Bonchev–Trinajstić information content (AvgIpc) is 3.23. The molecule has 0 amide bonds. The van der Waals surface area contributed by atoms with Gasteiger partial charge in [-0.1, -0.05) is 6.07 Å². The highest BCUT2D eigenvalue weighted by Gasteiger charge is 2.26. The van der Waals surface area contributed by atoms with Crippen molar-refractivity contribution in [2.24, 2.45) is 5.92 Å². The van der Waals surface area contributed by atoms with Crippen molar-refractivity contribution >= 4 is 32.7 Å². The molecule has 206 valence electrons. The number of hydrogen-bond donors (Lipinski definition) is 2. The van der Waals surface area contributed by atoms with E-state index in [1.807, 2.05) is 36.9 Å². The zero-order valence-corrected chi connectivity index (χ0v) is 22.8. The van der Waals surface area contributed by atoms with Gasteiger partial charge in [-0.2, -0.15) is 0 Å². The maximum atomic E-state index is 13.3. The van der Waals surface area contributed by atoms with Crippen molar-refractivity contribution in [3.8, 4) is 17.0 Å². The molecule has 1 saturated heterocycles. The van der Waals surface area contributed by atoms with E-state index < -0.39 is 15.8 Å². The molecule has 3 N–H and O–H groups in total. The Bertz CT molecular complexity index is 1590. The summed E-state index contributed by atoms with van der Waals surface area (Å²) in [7, 11) is 1.27. The molecule has 0 radical (unpaired) electrons. The predicted octanol–water partition coefficient (Wildman–Crippen LogP) is 3.94. The number of methoxy groups -OCH3 is 1. The van der Waals surface area contributed by atoms with Gasteiger partial charge in [-0.3, -0.25) is 9.62 Å². The van der Waals surface area contributed by atoms with Crippen LogP contribution in [-0.4, -0.2) is 61.9 Å². The van der Waals surface area contributed by atoms with Gasteiger partial charge in [0.25, 0.3) is 10.0 Å². The number of pyridine rings is 1. The third-order valence-electron chi connectivity index (χ3n) is 6.90. The maximum Gasteiger partial charge on any atom is 0.267 e. The van der Waals surface area contributed by atoms with E-state index in [1.165, 1.54) is 37.4 Å². The predicted molar refractivity (Wildman–Crippen MR) is 147 cm³/mol. The normalized spacial score (nSPS) is 18.0. The monoisotopic (exact) mass is 554 g/mol. The fraction of sp³-hybridized carbons (Fsp3) is 0.333. The molecular formula is C27H31FN6O4S. The Kier molecular flexibility index (Phi) is 7.43. The molecule has 2 unspecified atom stereocenters. The topological polar surface area (TPSA) is 125 Å². The van der Waals surface area contributed by atoms with Crippen molar-refractivity contribution in [3.05, 3.63) is 60.5 Å². The summed E-state index contributed by atoms with van der Waals surface area (Å²) in [6.45, 7) is 1.38. The second kappa shape index (κ2) is 10.8. The molecule has 2 atom stereocenters. The van der Waals surface area contributed by atoms with Crippen LogP contribution in [0.4, 0.5) is 16.0 Å². The Morgan fingerprint density at radius 1 is 1.18 bits per heavy atom. The van der Waals surface area contributed by atoms with Crippen LogP contribution in [0, 0.1) is 11.7 Å². The number of rotatable bonds is 8. The van der Waals surface area contributed by atoms with Crippen LogP contribution in [0.2, 0.25) is 0 Å². The first-order valence-electron chi connectivity index (χ1n) is 12.5. The molecule has 12 heteroatoms. The van der Waals surface area contributed by atoms with Gasteiger partial charge in [-0.25, -0.2) is 22.8 Å². The van der Waals surface area contributed by atoms with E-state index in [9.17, 15) is 12.8 Å². The van der Waals surface area contributed by atoms with E-state index in [4.69, 9.17) is 15.2 Å². The fourth-order valence-electron chi connectivity index (χ4n) is 4.80. The largest absolute Gasteiger partial charge is 0.480 e. The molecule has 0 bridgehead atoms. The van der Waals surface area contributed by atoms with Gasteiger partial charge >= 0.3 is 0 Å². The van der Waals surface area contributed by atoms with E-state index in [-0.39, 0.29) is 22.7 Å². The van der Waals surface area contributed by atoms with Crippen LogP contribution < -0.4 is 15.2 Å². The van der Waals surface area contributed by atoms with E-state index >= 15 is 0 Å². The summed E-state index contributed by atoms with van der Waals surface area (Å²) >= 11 is 0. The van der Waals surface area contributed by atoms with Gasteiger partial charge in [0.15, 0.2) is 0 Å². The summed E-state index contributed by atoms with van der Waals surface area (Å²) in [6, 6.07) is 12.2. The summed E-state index contributed by atoms with van der Waals surface area (Å²) in [5.41, 5.74) is 9.46. The SMILES string of the molecule is COc1ncc(-c2ccc3nc(N)n(CC4CCOC(N(C)C)C4)c3c2)cc1S(=O)(=O)Nc1ccc(F)cc1. The zero-order valence-electron chi connectivity index (χ0n) is 22.0. The van der Waals surface area contributed by atoms with Crippen molar-refractivity contribution in [1.29, 1.82) is 0 Å². The van der Waals surface area contributed by atoms with Crippen molar-refractivity contribution in [3.63, 3.8) is 0 Å². The number of nitrogen functional groups attached to an aromatic ring is 1. The van der Waals surface area contributed by atoms with Crippen molar-refractivity contribution < 1.29 is 22.3 Å². The highest BCUT2D eigenvalue weighted by molar-refractivity contribution is 7.92. The standard InChI is InChI=1S/C27H31FN6O4S/c1-33(2)25-12-17(10-11-38-25)16-34-23-13-18(4-9-22(23)31-27(34)29)19-14-24(26(37-3)30-15-19)39(35,36)32-21-7-5-20(28)6-8-21/h4-9,13-15,17,25,32H,10-12,16H2,1-3H3,(H2,29,31). The molecule has 3 heterocycles. The number of fused-ring (bicyclic) bond motifs is 1. The molecule has 1 fully saturated rings. The van der Waals surface area contributed by atoms with Crippen LogP contribution in [0.5, 0.6) is 5.88 Å². The zero-order chi connectivity index (χ0) is 27.7. The second-order valence-corrected chi connectivity index (χ2v) is 11.5. The molecule has 4 aromatic rings. The van der Waals surface area contributed by atoms with Crippen LogP contribution in [0.1, 0.15) is 12.8 Å². The highest BCUT2D eigenvalue weighted by Crippen LogP contribution is 2.32. The average molecular weight is 555 g/mol. The van der Waals surface area contributed by atoms with Crippen LogP contribution >= 0.6 is 0 Å². The Morgan fingerprint density at radius 3 is 2.67 bits per heavy atom. The Balaban J connectivity index is 1.48. The van der Waals surface area contributed by atoms with Crippen LogP contribution in [0.15, 0.2) is 59.6 Å². The van der Waals surface area contributed by atoms with Gasteiger partial charge in [0.1, 0.15) is 16.9 Å².